The van der Waals surface area contributed by atoms with E-state index in [2.05, 4.69) is 161 Å². The Morgan fingerprint density at radius 3 is 1.56 bits per heavy atom. The van der Waals surface area contributed by atoms with Crippen LogP contribution in [0.3, 0.4) is 0 Å². The minimum atomic E-state index is 1.06. The van der Waals surface area contributed by atoms with Crippen molar-refractivity contribution in [1.29, 1.82) is 0 Å². The number of fused-ring (bicyclic) bond motifs is 7. The van der Waals surface area contributed by atoms with Crippen LogP contribution in [-0.4, -0.2) is 19.4 Å². The van der Waals surface area contributed by atoms with Crippen molar-refractivity contribution in [3.05, 3.63) is 152 Å². The lowest BCUT2D eigenvalue weighted by atomic mass is 10.0. The molecule has 0 aliphatic carbocycles. The lowest BCUT2D eigenvalue weighted by Gasteiger charge is -2.12. The Morgan fingerprint density at radius 2 is 0.884 bits per heavy atom. The highest BCUT2D eigenvalue weighted by atomic mass is 28.1. The first-order valence-corrected chi connectivity index (χ1v) is 15.9. The first-order valence-electron chi connectivity index (χ1n) is 14.9. The average Bonchev–Trinajstić information content (AvgIpc) is 3.57. The molecule has 9 rings (SSSR count). The molecule has 0 saturated heterocycles. The summed E-state index contributed by atoms with van der Waals surface area (Å²) in [6, 6.07) is 55.7. The molecule has 0 atom stereocenters. The Labute approximate surface area is 252 Å². The molecule has 0 saturated carbocycles. The van der Waals surface area contributed by atoms with Gasteiger partial charge in [0.05, 0.1) is 27.8 Å². The van der Waals surface area contributed by atoms with E-state index in [9.17, 15) is 0 Å². The van der Waals surface area contributed by atoms with Crippen LogP contribution >= 0.6 is 0 Å². The Kier molecular flexibility index (Phi) is 5.25. The highest BCUT2D eigenvalue weighted by molar-refractivity contribution is 6.32. The largest absolute Gasteiger partial charge is 0.309 e. The molecule has 202 valence electrons. The van der Waals surface area contributed by atoms with Crippen LogP contribution in [-0.2, 0) is 0 Å². The number of rotatable bonds is 3. The fraction of sp³-hybridized carbons (Fsp3) is 0. The molecule has 0 aliphatic rings. The van der Waals surface area contributed by atoms with Crippen molar-refractivity contribution in [3.8, 4) is 22.5 Å². The van der Waals surface area contributed by atoms with Gasteiger partial charge in [-0.2, -0.15) is 0 Å². The molecule has 2 heterocycles. The molecule has 3 heteroatoms. The number of hydrogen-bond acceptors (Lipinski definition) is 0. The highest BCUT2D eigenvalue weighted by Gasteiger charge is 2.16. The smallest absolute Gasteiger partial charge is 0.0541 e. The molecule has 0 unspecified atom stereocenters. The van der Waals surface area contributed by atoms with E-state index < -0.39 is 0 Å². The predicted octanol–water partition coefficient (Wildman–Crippen LogP) is 8.69. The molecular weight excluding hydrogens is 537 g/mol. The van der Waals surface area contributed by atoms with Gasteiger partial charge in [-0.25, -0.2) is 0 Å². The summed E-state index contributed by atoms with van der Waals surface area (Å²) in [5.41, 5.74) is 9.81. The predicted molar refractivity (Wildman–Crippen MR) is 188 cm³/mol. The molecule has 0 radical (unpaired) electrons. The average molecular weight is 565 g/mol. The molecule has 9 aromatic rings. The number of aromatic nitrogens is 2. The van der Waals surface area contributed by atoms with Crippen molar-refractivity contribution in [1.82, 2.24) is 9.13 Å². The highest BCUT2D eigenvalue weighted by Crippen LogP contribution is 2.39. The summed E-state index contributed by atoms with van der Waals surface area (Å²) in [7, 11) is 1.06. The van der Waals surface area contributed by atoms with Crippen molar-refractivity contribution in [2.75, 3.05) is 0 Å². The van der Waals surface area contributed by atoms with Crippen molar-refractivity contribution < 1.29 is 0 Å². The molecule has 43 heavy (non-hydrogen) atoms. The normalized spacial score (nSPS) is 11.9. The maximum atomic E-state index is 2.43. The maximum Gasteiger partial charge on any atom is 0.0541 e. The van der Waals surface area contributed by atoms with E-state index in [4.69, 9.17) is 0 Å². The van der Waals surface area contributed by atoms with Crippen LogP contribution in [0.1, 0.15) is 0 Å². The summed E-state index contributed by atoms with van der Waals surface area (Å²) in [4.78, 5) is 0. The second-order valence-electron chi connectivity index (χ2n) is 11.5. The topological polar surface area (TPSA) is 9.86 Å². The van der Waals surface area contributed by atoms with E-state index in [1.54, 1.807) is 0 Å². The Bertz CT molecular complexity index is 2510. The lowest BCUT2D eigenvalue weighted by Crippen LogP contribution is -2.02. The zero-order valence-corrected chi connectivity index (χ0v) is 25.8. The van der Waals surface area contributed by atoms with Crippen LogP contribution < -0.4 is 5.19 Å². The fourth-order valence-electron chi connectivity index (χ4n) is 6.94. The second kappa shape index (κ2) is 9.31. The van der Waals surface area contributed by atoms with Gasteiger partial charge in [0.2, 0.25) is 0 Å². The van der Waals surface area contributed by atoms with E-state index in [1.165, 1.54) is 82.1 Å². The van der Waals surface area contributed by atoms with E-state index >= 15 is 0 Å². The number of benzene rings is 7. The zero-order valence-electron chi connectivity index (χ0n) is 23.8. The second-order valence-corrected chi connectivity index (χ2v) is 12.7. The first-order chi connectivity index (χ1) is 21.2. The molecule has 0 aliphatic heterocycles. The zero-order chi connectivity index (χ0) is 28.5. The summed E-state index contributed by atoms with van der Waals surface area (Å²) in [6.45, 7) is 0. The summed E-state index contributed by atoms with van der Waals surface area (Å²) in [6.07, 6.45) is 0. The first kappa shape index (κ1) is 24.2. The van der Waals surface area contributed by atoms with Gasteiger partial charge in [-0.05, 0) is 71.1 Å². The molecule has 0 N–H and O–H groups in total. The standard InChI is InChI=1S/C40H28N2Si/c43-30-20-18-29(19-21-30)41-37-13-5-3-11-32(37)34-24-27(16-22-39(34)41)28-17-23-40-35(25-28)33-12-4-6-14-38(33)42(40)36-15-7-9-26-8-1-2-10-31(26)36/h1-25H,43H3. The van der Waals surface area contributed by atoms with Crippen LogP contribution in [0.4, 0.5) is 0 Å². The molecule has 2 aromatic heterocycles. The van der Waals surface area contributed by atoms with Gasteiger partial charge in [-0.1, -0.05) is 102 Å². The maximum absolute atomic E-state index is 2.43. The molecular formula is C40H28N2Si. The third kappa shape index (κ3) is 3.65. The van der Waals surface area contributed by atoms with Crippen molar-refractivity contribution in [2.45, 2.75) is 0 Å². The van der Waals surface area contributed by atoms with Crippen molar-refractivity contribution in [2.24, 2.45) is 0 Å². The van der Waals surface area contributed by atoms with Gasteiger partial charge in [0.15, 0.2) is 0 Å². The number of hydrogen-bond donors (Lipinski definition) is 0. The van der Waals surface area contributed by atoms with Gasteiger partial charge in [0.25, 0.3) is 0 Å². The Balaban J connectivity index is 1.27. The number of nitrogens with zero attached hydrogens (tertiary/aromatic N) is 2. The van der Waals surface area contributed by atoms with E-state index in [0.717, 1.165) is 10.2 Å². The Hall–Kier alpha value is -5.38. The third-order valence-corrected chi connectivity index (χ3v) is 9.64. The van der Waals surface area contributed by atoms with E-state index in [0.29, 0.717) is 0 Å². The quantitative estimate of drug-likeness (QED) is 0.190. The van der Waals surface area contributed by atoms with Crippen molar-refractivity contribution in [3.63, 3.8) is 0 Å². The Morgan fingerprint density at radius 1 is 0.372 bits per heavy atom. The lowest BCUT2D eigenvalue weighted by molar-refractivity contribution is 1.18. The summed E-state index contributed by atoms with van der Waals surface area (Å²) in [5.74, 6) is 0. The summed E-state index contributed by atoms with van der Waals surface area (Å²) >= 11 is 0. The van der Waals surface area contributed by atoms with Crippen LogP contribution in [0.2, 0.25) is 0 Å². The fourth-order valence-corrected chi connectivity index (χ4v) is 7.27. The summed E-state index contributed by atoms with van der Waals surface area (Å²) in [5, 5.41) is 9.02. The van der Waals surface area contributed by atoms with Crippen LogP contribution in [0.15, 0.2) is 152 Å². The van der Waals surface area contributed by atoms with Gasteiger partial charge in [-0.15, -0.1) is 0 Å². The van der Waals surface area contributed by atoms with Gasteiger partial charge >= 0.3 is 0 Å². The molecule has 0 spiro atoms. The molecule has 0 bridgehead atoms. The van der Waals surface area contributed by atoms with Gasteiger partial charge in [0, 0.05) is 42.9 Å². The van der Waals surface area contributed by atoms with Crippen LogP contribution in [0, 0.1) is 0 Å². The minimum absolute atomic E-state index is 1.06. The van der Waals surface area contributed by atoms with E-state index in [-0.39, 0.29) is 0 Å². The molecule has 2 nitrogen and oxygen atoms in total. The van der Waals surface area contributed by atoms with Crippen molar-refractivity contribution >= 4 is 69.8 Å². The molecule has 0 amide bonds. The van der Waals surface area contributed by atoms with Gasteiger partial charge < -0.3 is 9.13 Å². The SMILES string of the molecule is [SiH3]c1ccc(-n2c3ccccc3c3cc(-c4ccc5c(c4)c4ccccc4n5-c4cccc5ccccc45)ccc32)cc1. The molecule has 0 fully saturated rings. The summed E-state index contributed by atoms with van der Waals surface area (Å²) < 4.78 is 4.83. The van der Waals surface area contributed by atoms with Gasteiger partial charge in [-0.3, -0.25) is 0 Å². The van der Waals surface area contributed by atoms with Gasteiger partial charge in [0.1, 0.15) is 0 Å². The third-order valence-electron chi connectivity index (χ3n) is 8.98. The van der Waals surface area contributed by atoms with Crippen LogP contribution in [0.5, 0.6) is 0 Å². The monoisotopic (exact) mass is 564 g/mol. The van der Waals surface area contributed by atoms with Crippen LogP contribution in [0.25, 0.3) is 76.9 Å². The van der Waals surface area contributed by atoms with E-state index in [1.807, 2.05) is 0 Å². The number of para-hydroxylation sites is 2. The molecule has 7 aromatic carbocycles. The minimum Gasteiger partial charge on any atom is -0.309 e.